The van der Waals surface area contributed by atoms with Gasteiger partial charge in [0.05, 0.1) is 21.2 Å². The van der Waals surface area contributed by atoms with Gasteiger partial charge in [0.1, 0.15) is 0 Å². The number of aliphatic hydroxyl groups excluding tert-OH is 1. The van der Waals surface area contributed by atoms with Crippen molar-refractivity contribution >= 4 is 57.3 Å². The van der Waals surface area contributed by atoms with Crippen molar-refractivity contribution in [2.24, 2.45) is 0 Å². The number of hydrogen-bond donors (Lipinski definition) is 1. The molecule has 1 saturated heterocycles. The van der Waals surface area contributed by atoms with Gasteiger partial charge in [-0.05, 0) is 49.8 Å². The third-order valence-electron chi connectivity index (χ3n) is 4.71. The van der Waals surface area contributed by atoms with Crippen molar-refractivity contribution in [3.05, 3.63) is 51.6 Å². The minimum atomic E-state index is -0.502. The summed E-state index contributed by atoms with van der Waals surface area (Å²) in [6, 6.07) is 3.93. The average molecular weight is 450 g/mol. The van der Waals surface area contributed by atoms with Gasteiger partial charge in [-0.2, -0.15) is 0 Å². The molecule has 0 spiro atoms. The summed E-state index contributed by atoms with van der Waals surface area (Å²) in [6.07, 6.45) is 7.63. The fourth-order valence-electron chi connectivity index (χ4n) is 2.93. The molecule has 1 aromatic rings. The van der Waals surface area contributed by atoms with Crippen molar-refractivity contribution in [2.45, 2.75) is 45.1 Å². The summed E-state index contributed by atoms with van der Waals surface area (Å²) in [7, 11) is 0. The van der Waals surface area contributed by atoms with Gasteiger partial charge in [0.15, 0.2) is 5.78 Å². The molecule has 156 valence electrons. The molecule has 1 amide bonds. The first-order chi connectivity index (χ1) is 13.8. The Morgan fingerprint density at radius 3 is 2.83 bits per heavy atom. The summed E-state index contributed by atoms with van der Waals surface area (Å²) in [4.78, 5) is 28.4. The van der Waals surface area contributed by atoms with E-state index in [9.17, 15) is 14.7 Å². The highest BCUT2D eigenvalue weighted by Gasteiger charge is 2.27. The Balaban J connectivity index is 1.90. The maximum absolute atomic E-state index is 12.6. The van der Waals surface area contributed by atoms with Crippen LogP contribution in [0.3, 0.4) is 0 Å². The van der Waals surface area contributed by atoms with Crippen molar-refractivity contribution in [3.8, 4) is 0 Å². The number of thiocarbonyl (C=S) groups is 1. The molecule has 0 aliphatic carbocycles. The molecule has 0 unspecified atom stereocenters. The van der Waals surface area contributed by atoms with E-state index >= 15 is 0 Å². The lowest BCUT2D eigenvalue weighted by atomic mass is 10.0. The second-order valence-corrected chi connectivity index (χ2v) is 9.96. The van der Waals surface area contributed by atoms with Crippen molar-refractivity contribution in [1.82, 2.24) is 4.90 Å². The third kappa shape index (κ3) is 6.74. The first-order valence-electron chi connectivity index (χ1n) is 9.53. The Hall–Kier alpha value is -1.54. The fourth-order valence-corrected chi connectivity index (χ4v) is 4.95. The second-order valence-electron chi connectivity index (χ2n) is 7.26. The van der Waals surface area contributed by atoms with Crippen molar-refractivity contribution < 1.29 is 14.7 Å². The highest BCUT2D eigenvalue weighted by Crippen LogP contribution is 2.34. The van der Waals surface area contributed by atoms with E-state index in [1.54, 1.807) is 22.3 Å². The van der Waals surface area contributed by atoms with Crippen molar-refractivity contribution in [2.75, 3.05) is 13.2 Å². The molecule has 7 heteroatoms. The first kappa shape index (κ1) is 23.7. The summed E-state index contributed by atoms with van der Waals surface area (Å²) in [5.41, 5.74) is 0.377. The molecule has 1 aliphatic heterocycles. The van der Waals surface area contributed by atoms with Gasteiger partial charge < -0.3 is 10.0 Å². The number of rotatable bonds is 9. The lowest BCUT2D eigenvalue weighted by molar-refractivity contribution is -0.135. The molecule has 1 N–H and O–H groups in total. The fraction of sp³-hybridized carbons (Fsp3) is 0.409. The summed E-state index contributed by atoms with van der Waals surface area (Å²) in [5, 5.41) is 11.2. The average Bonchev–Trinajstić information content (AvgIpc) is 3.19. The summed E-state index contributed by atoms with van der Waals surface area (Å²) >= 11 is 8.43. The number of unbranched alkanes of at least 4 members (excludes halogenated alkanes) is 1. The Labute approximate surface area is 186 Å². The van der Waals surface area contributed by atoms with Crippen LogP contribution in [0.4, 0.5) is 0 Å². The molecule has 0 aromatic carbocycles. The van der Waals surface area contributed by atoms with Crippen molar-refractivity contribution in [1.29, 1.82) is 0 Å². The predicted octanol–water partition coefficient (Wildman–Crippen LogP) is 5.00. The predicted molar refractivity (Wildman–Crippen MR) is 127 cm³/mol. The quantitative estimate of drug-likeness (QED) is 0.249. The number of hydrogen-bond acceptors (Lipinski definition) is 6. The number of thioether (sulfide) groups is 1. The minimum absolute atomic E-state index is 0.0137. The van der Waals surface area contributed by atoms with Gasteiger partial charge in [-0.3, -0.25) is 9.59 Å². The number of aliphatic hydroxyl groups is 1. The topological polar surface area (TPSA) is 57.6 Å². The van der Waals surface area contributed by atoms with E-state index in [0.717, 1.165) is 14.6 Å². The molecule has 0 bridgehead atoms. The molecule has 1 fully saturated rings. The number of carbonyl (C=O) groups is 2. The van der Waals surface area contributed by atoms with Gasteiger partial charge in [0.25, 0.3) is 0 Å². The second kappa shape index (κ2) is 11.0. The zero-order valence-corrected chi connectivity index (χ0v) is 19.3. The summed E-state index contributed by atoms with van der Waals surface area (Å²) in [6.45, 7) is 7.79. The number of thiophene rings is 1. The van der Waals surface area contributed by atoms with Crippen molar-refractivity contribution in [3.63, 3.8) is 0 Å². The van der Waals surface area contributed by atoms with Gasteiger partial charge in [-0.1, -0.05) is 42.2 Å². The molecule has 2 rings (SSSR count). The Morgan fingerprint density at radius 1 is 1.45 bits per heavy atom. The van der Waals surface area contributed by atoms with Crippen LogP contribution in [0.15, 0.2) is 46.7 Å². The molecular formula is C22H27NO3S3. The van der Waals surface area contributed by atoms with Crippen LogP contribution in [-0.4, -0.2) is 44.6 Å². The van der Waals surface area contributed by atoms with Crippen LogP contribution >= 0.6 is 35.3 Å². The van der Waals surface area contributed by atoms with Gasteiger partial charge in [0, 0.05) is 24.3 Å². The van der Waals surface area contributed by atoms with Gasteiger partial charge in [-0.15, -0.1) is 17.9 Å². The number of amides is 1. The molecule has 0 radical (unpaired) electrons. The number of ketones is 1. The summed E-state index contributed by atoms with van der Waals surface area (Å²) < 4.78 is 0.730. The van der Waals surface area contributed by atoms with Gasteiger partial charge in [0.2, 0.25) is 5.91 Å². The standard InChI is InChI=1S/C22H27NO3S3/c1-4-22(2,3)23(11-12-24)20(26)10-6-5-8-16-14-18(25)19(29-21(16)27)15-17-9-7-13-28-17/h4,7-9,13,15,24H,1,5-6,10-12,14H2,2-3H3/b16-8-,19-15+. The Kier molecular flexibility index (Phi) is 9.02. The lowest BCUT2D eigenvalue weighted by Gasteiger charge is -2.36. The zero-order valence-electron chi connectivity index (χ0n) is 16.8. The monoisotopic (exact) mass is 449 g/mol. The van der Waals surface area contributed by atoms with E-state index in [1.165, 1.54) is 11.8 Å². The molecular weight excluding hydrogens is 422 g/mol. The normalized spacial score (nSPS) is 17.8. The van der Waals surface area contributed by atoms with Crippen LogP contribution in [0.2, 0.25) is 0 Å². The molecule has 4 nitrogen and oxygen atoms in total. The highest BCUT2D eigenvalue weighted by atomic mass is 32.2. The smallest absolute Gasteiger partial charge is 0.223 e. The van der Waals surface area contributed by atoms with E-state index in [0.29, 0.717) is 30.6 Å². The molecule has 1 aliphatic rings. The van der Waals surface area contributed by atoms with Gasteiger partial charge in [-0.25, -0.2) is 0 Å². The number of carbonyl (C=O) groups excluding carboxylic acids is 2. The number of β-amino-alcohol motifs (C(OH)–C–C–N with tert-alkyl or cyclic N) is 1. The van der Waals surface area contributed by atoms with Crippen LogP contribution in [-0.2, 0) is 9.59 Å². The zero-order chi connectivity index (χ0) is 21.4. The largest absolute Gasteiger partial charge is 0.395 e. The molecule has 0 atom stereocenters. The van der Waals surface area contributed by atoms with E-state index in [2.05, 4.69) is 6.58 Å². The maximum Gasteiger partial charge on any atom is 0.223 e. The van der Waals surface area contributed by atoms with E-state index in [4.69, 9.17) is 12.2 Å². The van der Waals surface area contributed by atoms with E-state index < -0.39 is 5.54 Å². The molecule has 1 aromatic heterocycles. The SMILES string of the molecule is C=CC(C)(C)N(CCO)C(=O)CCC/C=C1/CC(=O)/C(=C\c2cccs2)SC1=S. The van der Waals surface area contributed by atoms with E-state index in [1.807, 2.05) is 43.5 Å². The van der Waals surface area contributed by atoms with Gasteiger partial charge >= 0.3 is 0 Å². The van der Waals surface area contributed by atoms with E-state index in [-0.39, 0.29) is 24.8 Å². The maximum atomic E-state index is 12.6. The van der Waals surface area contributed by atoms with Crippen LogP contribution in [0, 0.1) is 0 Å². The highest BCUT2D eigenvalue weighted by molar-refractivity contribution is 8.27. The van der Waals surface area contributed by atoms with Crippen LogP contribution in [0.1, 0.15) is 44.4 Å². The molecule has 29 heavy (non-hydrogen) atoms. The van der Waals surface area contributed by atoms with Crippen LogP contribution < -0.4 is 0 Å². The summed E-state index contributed by atoms with van der Waals surface area (Å²) in [5.74, 6) is 0.0707. The Morgan fingerprint density at radius 2 is 2.21 bits per heavy atom. The first-order valence-corrected chi connectivity index (χ1v) is 11.6. The molecule has 0 saturated carbocycles. The number of nitrogens with zero attached hydrogens (tertiary/aromatic N) is 1. The Bertz CT molecular complexity index is 822. The third-order valence-corrected chi connectivity index (χ3v) is 7.06. The lowest BCUT2D eigenvalue weighted by Crippen LogP contribution is -2.47. The minimum Gasteiger partial charge on any atom is -0.395 e. The van der Waals surface area contributed by atoms with Crippen LogP contribution in [0.5, 0.6) is 0 Å². The number of Topliss-reactive ketones (excluding diaryl/α,β-unsaturated/α-hetero) is 1. The van der Waals surface area contributed by atoms with Crippen LogP contribution in [0.25, 0.3) is 6.08 Å². The molecule has 2 heterocycles. The number of allylic oxidation sites excluding steroid dienone is 2.